The van der Waals surface area contributed by atoms with Gasteiger partial charge in [-0.3, -0.25) is 4.79 Å². The molecule has 0 fully saturated rings. The summed E-state index contributed by atoms with van der Waals surface area (Å²) in [5.41, 5.74) is 2.66. The van der Waals surface area contributed by atoms with E-state index in [1.807, 2.05) is 30.3 Å². The molecule has 0 bridgehead atoms. The Labute approximate surface area is 179 Å². The van der Waals surface area contributed by atoms with Gasteiger partial charge in [-0.05, 0) is 17.7 Å². The molecule has 0 saturated carbocycles. The first-order valence-corrected chi connectivity index (χ1v) is 10.1. The SMILES string of the molecule is O=C(CCc1nnn2c1CN(C(=O)Nc1ccccc1F)CC2)NCc1ccccc1. The lowest BCUT2D eigenvalue weighted by atomic mass is 10.1. The molecule has 0 radical (unpaired) electrons. The summed E-state index contributed by atoms with van der Waals surface area (Å²) in [5, 5.41) is 13.8. The van der Waals surface area contributed by atoms with E-state index in [0.717, 1.165) is 11.3 Å². The number of hydrogen-bond donors (Lipinski definition) is 2. The highest BCUT2D eigenvalue weighted by Crippen LogP contribution is 2.18. The number of nitrogens with zero attached hydrogens (tertiary/aromatic N) is 4. The highest BCUT2D eigenvalue weighted by Gasteiger charge is 2.25. The van der Waals surface area contributed by atoms with Gasteiger partial charge in [-0.1, -0.05) is 47.7 Å². The van der Waals surface area contributed by atoms with Crippen LogP contribution in [0.2, 0.25) is 0 Å². The number of aryl methyl sites for hydroxylation is 1. The van der Waals surface area contributed by atoms with Crippen LogP contribution in [0.4, 0.5) is 14.9 Å². The Morgan fingerprint density at radius 1 is 1.03 bits per heavy atom. The lowest BCUT2D eigenvalue weighted by Gasteiger charge is -2.28. The van der Waals surface area contributed by atoms with Gasteiger partial charge in [-0.2, -0.15) is 0 Å². The number of nitrogens with one attached hydrogen (secondary N) is 2. The minimum absolute atomic E-state index is 0.0736. The summed E-state index contributed by atoms with van der Waals surface area (Å²) < 4.78 is 15.6. The smallest absolute Gasteiger partial charge is 0.322 e. The Balaban J connectivity index is 1.32. The fourth-order valence-corrected chi connectivity index (χ4v) is 3.44. The largest absolute Gasteiger partial charge is 0.352 e. The number of anilines is 1. The summed E-state index contributed by atoms with van der Waals surface area (Å²) >= 11 is 0. The molecule has 8 nitrogen and oxygen atoms in total. The Morgan fingerprint density at radius 2 is 1.81 bits per heavy atom. The molecule has 2 aromatic carbocycles. The van der Waals surface area contributed by atoms with Gasteiger partial charge in [0.2, 0.25) is 5.91 Å². The van der Waals surface area contributed by atoms with Crippen LogP contribution >= 0.6 is 0 Å². The van der Waals surface area contributed by atoms with E-state index in [2.05, 4.69) is 20.9 Å². The van der Waals surface area contributed by atoms with Crippen molar-refractivity contribution < 1.29 is 14.0 Å². The lowest BCUT2D eigenvalue weighted by molar-refractivity contribution is -0.121. The zero-order valence-electron chi connectivity index (χ0n) is 16.9. The third-order valence-corrected chi connectivity index (χ3v) is 5.16. The number of carbonyl (C=O) groups excluding carboxylic acids is 2. The van der Waals surface area contributed by atoms with E-state index in [4.69, 9.17) is 0 Å². The van der Waals surface area contributed by atoms with Crippen molar-refractivity contribution in [3.63, 3.8) is 0 Å². The Morgan fingerprint density at radius 3 is 2.61 bits per heavy atom. The number of halogens is 1. The van der Waals surface area contributed by atoms with Crippen LogP contribution in [0.1, 0.15) is 23.4 Å². The van der Waals surface area contributed by atoms with Gasteiger partial charge in [0.15, 0.2) is 0 Å². The second-order valence-corrected chi connectivity index (χ2v) is 7.30. The van der Waals surface area contributed by atoms with Crippen LogP contribution in [-0.4, -0.2) is 38.4 Å². The molecule has 2 heterocycles. The van der Waals surface area contributed by atoms with Crippen molar-refractivity contribution in [2.75, 3.05) is 11.9 Å². The molecule has 3 aromatic rings. The molecular weight excluding hydrogens is 399 g/mol. The molecule has 9 heteroatoms. The third-order valence-electron chi connectivity index (χ3n) is 5.16. The average Bonchev–Trinajstić information content (AvgIpc) is 3.20. The van der Waals surface area contributed by atoms with Crippen LogP contribution in [-0.2, 0) is 30.8 Å². The molecule has 31 heavy (non-hydrogen) atoms. The van der Waals surface area contributed by atoms with Crippen molar-refractivity contribution in [2.24, 2.45) is 0 Å². The second kappa shape index (κ2) is 9.38. The van der Waals surface area contributed by atoms with Gasteiger partial charge in [0, 0.05) is 25.9 Å². The van der Waals surface area contributed by atoms with Crippen molar-refractivity contribution in [3.8, 4) is 0 Å². The van der Waals surface area contributed by atoms with E-state index < -0.39 is 5.82 Å². The maximum absolute atomic E-state index is 13.8. The molecule has 160 valence electrons. The summed E-state index contributed by atoms with van der Waals surface area (Å²) in [7, 11) is 0. The standard InChI is InChI=1S/C22H23FN6O2/c23-17-8-4-5-9-18(17)25-22(31)28-12-13-29-20(15-28)19(26-27-29)10-11-21(30)24-14-16-6-2-1-3-7-16/h1-9H,10-15H2,(H,24,30)(H,25,31). The summed E-state index contributed by atoms with van der Waals surface area (Å²) in [4.78, 5) is 26.4. The number of hydrogen-bond acceptors (Lipinski definition) is 4. The number of fused-ring (bicyclic) bond motifs is 1. The molecular formula is C22H23FN6O2. The molecule has 2 N–H and O–H groups in total. The molecule has 1 aliphatic rings. The fourth-order valence-electron chi connectivity index (χ4n) is 3.44. The van der Waals surface area contributed by atoms with Crippen LogP contribution in [0.3, 0.4) is 0 Å². The summed E-state index contributed by atoms with van der Waals surface area (Å²) in [6.45, 7) is 1.71. The van der Waals surface area contributed by atoms with Crippen LogP contribution in [0, 0.1) is 5.82 Å². The van der Waals surface area contributed by atoms with Gasteiger partial charge in [0.1, 0.15) is 5.82 Å². The number of para-hydroxylation sites is 1. The first kappa shape index (κ1) is 20.5. The minimum Gasteiger partial charge on any atom is -0.352 e. The summed E-state index contributed by atoms with van der Waals surface area (Å²) in [6.07, 6.45) is 0.707. The van der Waals surface area contributed by atoms with Crippen molar-refractivity contribution in [3.05, 3.63) is 77.4 Å². The first-order chi connectivity index (χ1) is 15.1. The maximum Gasteiger partial charge on any atom is 0.322 e. The molecule has 1 aliphatic heterocycles. The van der Waals surface area contributed by atoms with Crippen LogP contribution in [0.5, 0.6) is 0 Å². The van der Waals surface area contributed by atoms with Gasteiger partial charge in [-0.25, -0.2) is 13.9 Å². The molecule has 0 spiro atoms. The van der Waals surface area contributed by atoms with Crippen LogP contribution < -0.4 is 10.6 Å². The predicted octanol–water partition coefficient (Wildman–Crippen LogP) is 2.71. The first-order valence-electron chi connectivity index (χ1n) is 10.1. The van der Waals surface area contributed by atoms with Crippen LogP contribution in [0.25, 0.3) is 0 Å². The maximum atomic E-state index is 13.8. The second-order valence-electron chi connectivity index (χ2n) is 7.30. The van der Waals surface area contributed by atoms with E-state index in [1.54, 1.807) is 21.7 Å². The van der Waals surface area contributed by atoms with E-state index in [0.29, 0.717) is 38.3 Å². The molecule has 0 saturated heterocycles. The molecule has 4 rings (SSSR count). The van der Waals surface area contributed by atoms with E-state index in [1.165, 1.54) is 12.1 Å². The molecule has 0 aliphatic carbocycles. The summed E-state index contributed by atoms with van der Waals surface area (Å²) in [5.74, 6) is -0.558. The number of urea groups is 1. The van der Waals surface area contributed by atoms with Crippen molar-refractivity contribution in [1.82, 2.24) is 25.2 Å². The minimum atomic E-state index is -0.484. The molecule has 0 unspecified atom stereocenters. The van der Waals surface area contributed by atoms with Crippen molar-refractivity contribution in [1.29, 1.82) is 0 Å². The van der Waals surface area contributed by atoms with Crippen molar-refractivity contribution in [2.45, 2.75) is 32.5 Å². The van der Waals surface area contributed by atoms with E-state index >= 15 is 0 Å². The number of aromatic nitrogens is 3. The van der Waals surface area contributed by atoms with Gasteiger partial charge < -0.3 is 15.5 Å². The van der Waals surface area contributed by atoms with Gasteiger partial charge in [0.25, 0.3) is 0 Å². The average molecular weight is 422 g/mol. The van der Waals surface area contributed by atoms with Crippen LogP contribution in [0.15, 0.2) is 54.6 Å². The lowest BCUT2D eigenvalue weighted by Crippen LogP contribution is -2.41. The highest BCUT2D eigenvalue weighted by molar-refractivity contribution is 5.89. The molecule has 0 atom stereocenters. The van der Waals surface area contributed by atoms with E-state index in [-0.39, 0.29) is 24.0 Å². The van der Waals surface area contributed by atoms with E-state index in [9.17, 15) is 14.0 Å². The number of amides is 3. The van der Waals surface area contributed by atoms with Gasteiger partial charge in [-0.15, -0.1) is 5.10 Å². The fraction of sp³-hybridized carbons (Fsp3) is 0.273. The predicted molar refractivity (Wildman–Crippen MR) is 112 cm³/mol. The quantitative estimate of drug-likeness (QED) is 0.639. The third kappa shape index (κ3) is 5.06. The van der Waals surface area contributed by atoms with Crippen molar-refractivity contribution >= 4 is 17.6 Å². The van der Waals surface area contributed by atoms with Gasteiger partial charge in [0.05, 0.1) is 30.2 Å². The molecule has 3 amide bonds. The zero-order chi connectivity index (χ0) is 21.6. The Bertz CT molecular complexity index is 1070. The van der Waals surface area contributed by atoms with Gasteiger partial charge >= 0.3 is 6.03 Å². The zero-order valence-corrected chi connectivity index (χ0v) is 16.9. The Hall–Kier alpha value is -3.75. The Kier molecular flexibility index (Phi) is 6.21. The normalized spacial score (nSPS) is 12.9. The topological polar surface area (TPSA) is 92.2 Å². The molecule has 1 aromatic heterocycles. The number of carbonyl (C=O) groups is 2. The monoisotopic (exact) mass is 422 g/mol. The summed E-state index contributed by atoms with van der Waals surface area (Å²) in [6, 6.07) is 15.4. The number of benzene rings is 2. The highest BCUT2D eigenvalue weighted by atomic mass is 19.1. The number of rotatable bonds is 6.